The molecule has 0 radical (unpaired) electrons. The molecule has 1 aromatic carbocycles. The first-order valence-corrected chi connectivity index (χ1v) is 6.07. The molecule has 0 aromatic heterocycles. The predicted molar refractivity (Wildman–Crippen MR) is 61.7 cm³/mol. The van der Waals surface area contributed by atoms with Crippen LogP contribution in [0.5, 0.6) is 5.75 Å². The lowest BCUT2D eigenvalue weighted by Gasteiger charge is -2.35. The monoisotopic (exact) mass is 234 g/mol. The standard InChI is InChI=1S/C14H15FO2/c1-14(7-9-2-3-9)8-12(16)11-6-10(15)4-5-13(11)17-14/h4-6,9H,2-3,7-8H2,1H3. The lowest BCUT2D eigenvalue weighted by molar-refractivity contribution is 0.0433. The summed E-state index contributed by atoms with van der Waals surface area (Å²) in [6, 6.07) is 4.18. The maximum absolute atomic E-state index is 13.1. The summed E-state index contributed by atoms with van der Waals surface area (Å²) in [6.45, 7) is 1.98. The van der Waals surface area contributed by atoms with E-state index in [1.165, 1.54) is 25.0 Å². The highest BCUT2D eigenvalue weighted by atomic mass is 19.1. The van der Waals surface area contributed by atoms with Crippen molar-refractivity contribution in [2.75, 3.05) is 0 Å². The van der Waals surface area contributed by atoms with Crippen LogP contribution in [0.2, 0.25) is 0 Å². The van der Waals surface area contributed by atoms with Crippen molar-refractivity contribution in [2.24, 2.45) is 5.92 Å². The van der Waals surface area contributed by atoms with Gasteiger partial charge in [-0.3, -0.25) is 4.79 Å². The summed E-state index contributed by atoms with van der Waals surface area (Å²) in [5, 5.41) is 0. The number of Topliss-reactive ketones (excluding diaryl/α,β-unsaturated/α-hetero) is 1. The first-order valence-electron chi connectivity index (χ1n) is 6.07. The van der Waals surface area contributed by atoms with Crippen molar-refractivity contribution >= 4 is 5.78 Å². The first kappa shape index (κ1) is 10.8. The molecule has 3 heteroatoms. The summed E-state index contributed by atoms with van der Waals surface area (Å²) in [5.74, 6) is 0.848. The number of rotatable bonds is 2. The van der Waals surface area contributed by atoms with Crippen molar-refractivity contribution in [1.82, 2.24) is 0 Å². The number of halogens is 1. The number of carbonyl (C=O) groups is 1. The Kier molecular flexibility index (Phi) is 2.25. The van der Waals surface area contributed by atoms with Crippen LogP contribution in [-0.2, 0) is 0 Å². The van der Waals surface area contributed by atoms with Crippen LogP contribution in [-0.4, -0.2) is 11.4 Å². The minimum absolute atomic E-state index is 0.00565. The maximum Gasteiger partial charge on any atom is 0.170 e. The summed E-state index contributed by atoms with van der Waals surface area (Å²) >= 11 is 0. The van der Waals surface area contributed by atoms with Gasteiger partial charge in [-0.1, -0.05) is 12.8 Å². The number of ketones is 1. The summed E-state index contributed by atoms with van der Waals surface area (Å²) in [7, 11) is 0. The fourth-order valence-corrected chi connectivity index (χ4v) is 2.59. The Morgan fingerprint density at radius 1 is 1.47 bits per heavy atom. The number of fused-ring (bicyclic) bond motifs is 1. The van der Waals surface area contributed by atoms with Crippen LogP contribution < -0.4 is 4.74 Å². The summed E-state index contributed by atoms with van der Waals surface area (Å²) < 4.78 is 19.0. The maximum atomic E-state index is 13.1. The molecule has 1 aliphatic carbocycles. The van der Waals surface area contributed by atoms with Crippen molar-refractivity contribution in [1.29, 1.82) is 0 Å². The topological polar surface area (TPSA) is 26.3 Å². The molecule has 0 N–H and O–H groups in total. The zero-order chi connectivity index (χ0) is 12.0. The van der Waals surface area contributed by atoms with Crippen LogP contribution in [0.4, 0.5) is 4.39 Å². The molecule has 1 aliphatic heterocycles. The Morgan fingerprint density at radius 2 is 2.24 bits per heavy atom. The van der Waals surface area contributed by atoms with Gasteiger partial charge in [-0.2, -0.15) is 0 Å². The second kappa shape index (κ2) is 3.56. The van der Waals surface area contributed by atoms with Gasteiger partial charge in [0.05, 0.1) is 12.0 Å². The Hall–Kier alpha value is -1.38. The molecule has 1 unspecified atom stereocenters. The number of hydrogen-bond donors (Lipinski definition) is 0. The largest absolute Gasteiger partial charge is 0.486 e. The van der Waals surface area contributed by atoms with Gasteiger partial charge in [0.2, 0.25) is 0 Å². The molecule has 17 heavy (non-hydrogen) atoms. The number of carbonyl (C=O) groups excluding carboxylic acids is 1. The quantitative estimate of drug-likeness (QED) is 0.784. The third-order valence-corrected chi connectivity index (χ3v) is 3.55. The zero-order valence-corrected chi connectivity index (χ0v) is 9.83. The van der Waals surface area contributed by atoms with Crippen molar-refractivity contribution < 1.29 is 13.9 Å². The van der Waals surface area contributed by atoms with Crippen LogP contribution in [0.15, 0.2) is 18.2 Å². The molecule has 0 bridgehead atoms. The smallest absolute Gasteiger partial charge is 0.170 e. The van der Waals surface area contributed by atoms with E-state index in [9.17, 15) is 9.18 Å². The van der Waals surface area contributed by atoms with Gasteiger partial charge in [-0.15, -0.1) is 0 Å². The summed E-state index contributed by atoms with van der Waals surface area (Å²) in [6.07, 6.45) is 3.77. The average molecular weight is 234 g/mol. The Labute approximate surface area is 99.8 Å². The van der Waals surface area contributed by atoms with E-state index in [2.05, 4.69) is 0 Å². The fourth-order valence-electron chi connectivity index (χ4n) is 2.59. The van der Waals surface area contributed by atoms with Gasteiger partial charge < -0.3 is 4.74 Å². The minimum Gasteiger partial charge on any atom is -0.486 e. The van der Waals surface area contributed by atoms with Crippen molar-refractivity contribution in [3.05, 3.63) is 29.6 Å². The number of ether oxygens (including phenoxy) is 1. The van der Waals surface area contributed by atoms with E-state index in [4.69, 9.17) is 4.74 Å². The zero-order valence-electron chi connectivity index (χ0n) is 9.83. The van der Waals surface area contributed by atoms with Crippen LogP contribution >= 0.6 is 0 Å². The van der Waals surface area contributed by atoms with Crippen LogP contribution in [0.3, 0.4) is 0 Å². The average Bonchev–Trinajstić information content (AvgIpc) is 3.03. The molecule has 0 spiro atoms. The van der Waals surface area contributed by atoms with Crippen LogP contribution in [0.25, 0.3) is 0 Å². The van der Waals surface area contributed by atoms with E-state index in [0.29, 0.717) is 23.7 Å². The van der Waals surface area contributed by atoms with E-state index in [1.807, 2.05) is 6.92 Å². The van der Waals surface area contributed by atoms with E-state index >= 15 is 0 Å². The lowest BCUT2D eigenvalue weighted by Crippen LogP contribution is -2.39. The van der Waals surface area contributed by atoms with Crippen molar-refractivity contribution in [2.45, 2.75) is 38.2 Å². The number of benzene rings is 1. The van der Waals surface area contributed by atoms with Crippen molar-refractivity contribution in [3.63, 3.8) is 0 Å². The third kappa shape index (κ3) is 2.06. The SMILES string of the molecule is CC1(CC2CC2)CC(=O)c2cc(F)ccc2O1. The van der Waals surface area contributed by atoms with E-state index in [0.717, 1.165) is 6.42 Å². The van der Waals surface area contributed by atoms with Crippen LogP contribution in [0.1, 0.15) is 43.0 Å². The Bertz CT molecular complexity index is 479. The van der Waals surface area contributed by atoms with Crippen LogP contribution in [0, 0.1) is 11.7 Å². The molecule has 1 fully saturated rings. The van der Waals surface area contributed by atoms with Crippen molar-refractivity contribution in [3.8, 4) is 5.75 Å². The van der Waals surface area contributed by atoms with E-state index in [-0.39, 0.29) is 11.6 Å². The molecule has 1 atom stereocenters. The van der Waals surface area contributed by atoms with Gasteiger partial charge in [0, 0.05) is 0 Å². The second-order valence-corrected chi connectivity index (χ2v) is 5.44. The minimum atomic E-state index is -0.400. The molecule has 0 saturated heterocycles. The molecular weight excluding hydrogens is 219 g/mol. The highest BCUT2D eigenvalue weighted by molar-refractivity contribution is 6.00. The molecule has 3 rings (SSSR count). The first-order chi connectivity index (χ1) is 8.06. The van der Waals surface area contributed by atoms with Gasteiger partial charge in [0.25, 0.3) is 0 Å². The summed E-state index contributed by atoms with van der Waals surface area (Å²) in [4.78, 5) is 12.0. The molecule has 1 heterocycles. The second-order valence-electron chi connectivity index (χ2n) is 5.44. The molecule has 0 amide bonds. The van der Waals surface area contributed by atoms with E-state index in [1.54, 1.807) is 6.07 Å². The summed E-state index contributed by atoms with van der Waals surface area (Å²) in [5.41, 5.74) is -0.0124. The molecular formula is C14H15FO2. The van der Waals surface area contributed by atoms with Gasteiger partial charge in [0.15, 0.2) is 5.78 Å². The van der Waals surface area contributed by atoms with Gasteiger partial charge in [-0.05, 0) is 37.5 Å². The lowest BCUT2D eigenvalue weighted by atomic mass is 9.87. The Balaban J connectivity index is 1.91. The normalized spacial score (nSPS) is 27.5. The molecule has 2 aliphatic rings. The molecule has 1 aromatic rings. The Morgan fingerprint density at radius 3 is 2.94 bits per heavy atom. The molecule has 90 valence electrons. The third-order valence-electron chi connectivity index (χ3n) is 3.55. The molecule has 2 nitrogen and oxygen atoms in total. The van der Waals surface area contributed by atoms with Gasteiger partial charge in [-0.25, -0.2) is 4.39 Å². The highest BCUT2D eigenvalue weighted by Gasteiger charge is 2.40. The van der Waals surface area contributed by atoms with Gasteiger partial charge >= 0.3 is 0 Å². The number of hydrogen-bond acceptors (Lipinski definition) is 2. The fraction of sp³-hybridized carbons (Fsp3) is 0.500. The predicted octanol–water partition coefficient (Wildman–Crippen LogP) is 3.35. The highest BCUT2D eigenvalue weighted by Crippen LogP contribution is 2.43. The molecule has 1 saturated carbocycles. The van der Waals surface area contributed by atoms with Gasteiger partial charge in [0.1, 0.15) is 17.2 Å². The van der Waals surface area contributed by atoms with E-state index < -0.39 is 5.60 Å².